The topological polar surface area (TPSA) is 44.3 Å². The van der Waals surface area contributed by atoms with Gasteiger partial charge in [0.1, 0.15) is 5.82 Å². The summed E-state index contributed by atoms with van der Waals surface area (Å²) in [6.07, 6.45) is 5.13. The van der Waals surface area contributed by atoms with Gasteiger partial charge >= 0.3 is 0 Å². The molecule has 2 fully saturated rings. The monoisotopic (exact) mass is 371 g/mol. The number of piperazine rings is 1. The number of halogens is 1. The molecule has 6 heteroatoms. The number of nitrogens with zero attached hydrogens (tertiary/aromatic N) is 4. The summed E-state index contributed by atoms with van der Waals surface area (Å²) in [6, 6.07) is 10.7. The number of aryl methyl sites for hydroxylation is 1. The van der Waals surface area contributed by atoms with Gasteiger partial charge in [-0.05, 0) is 38.0 Å². The zero-order valence-electron chi connectivity index (χ0n) is 15.3. The highest BCUT2D eigenvalue weighted by molar-refractivity contribution is 6.30. The van der Waals surface area contributed by atoms with Crippen LogP contribution in [0.1, 0.15) is 31.4 Å². The molecule has 26 heavy (non-hydrogen) atoms. The molecule has 1 saturated heterocycles. The predicted molar refractivity (Wildman–Crippen MR) is 109 cm³/mol. The molecule has 1 saturated carbocycles. The van der Waals surface area contributed by atoms with Gasteiger partial charge < -0.3 is 15.1 Å². The van der Waals surface area contributed by atoms with E-state index in [1.54, 1.807) is 0 Å². The lowest BCUT2D eigenvalue weighted by Gasteiger charge is -2.36. The Balaban J connectivity index is 1.43. The maximum atomic E-state index is 6.13. The van der Waals surface area contributed by atoms with Gasteiger partial charge in [0.15, 0.2) is 0 Å². The van der Waals surface area contributed by atoms with Crippen molar-refractivity contribution in [2.24, 2.45) is 0 Å². The largest absolute Gasteiger partial charge is 0.368 e. The van der Waals surface area contributed by atoms with Crippen LogP contribution in [0, 0.1) is 6.92 Å². The zero-order valence-corrected chi connectivity index (χ0v) is 16.0. The van der Waals surface area contributed by atoms with Gasteiger partial charge in [-0.2, -0.15) is 4.98 Å². The summed E-state index contributed by atoms with van der Waals surface area (Å²) in [7, 11) is 0. The van der Waals surface area contributed by atoms with Crippen molar-refractivity contribution in [3.05, 3.63) is 41.0 Å². The van der Waals surface area contributed by atoms with Crippen LogP contribution >= 0.6 is 11.6 Å². The second-order valence-electron chi connectivity index (χ2n) is 7.27. The lowest BCUT2D eigenvalue weighted by molar-refractivity contribution is 0.638. The van der Waals surface area contributed by atoms with E-state index in [0.717, 1.165) is 48.7 Å². The Hall–Kier alpha value is -2.01. The quantitative estimate of drug-likeness (QED) is 0.875. The van der Waals surface area contributed by atoms with E-state index in [4.69, 9.17) is 16.6 Å². The maximum Gasteiger partial charge on any atom is 0.227 e. The smallest absolute Gasteiger partial charge is 0.227 e. The first kappa shape index (κ1) is 17.4. The number of anilines is 3. The number of nitrogens with one attached hydrogen (secondary N) is 1. The van der Waals surface area contributed by atoms with Gasteiger partial charge in [0.25, 0.3) is 0 Å². The molecule has 1 aliphatic carbocycles. The Morgan fingerprint density at radius 1 is 1.00 bits per heavy atom. The first-order chi connectivity index (χ1) is 12.7. The summed E-state index contributed by atoms with van der Waals surface area (Å²) < 4.78 is 0. The minimum Gasteiger partial charge on any atom is -0.368 e. The Bertz CT molecular complexity index is 752. The van der Waals surface area contributed by atoms with E-state index < -0.39 is 0 Å². The van der Waals surface area contributed by atoms with Gasteiger partial charge in [-0.25, -0.2) is 4.98 Å². The highest BCUT2D eigenvalue weighted by Gasteiger charge is 2.21. The molecule has 0 spiro atoms. The van der Waals surface area contributed by atoms with E-state index in [9.17, 15) is 0 Å². The summed E-state index contributed by atoms with van der Waals surface area (Å²) in [5.74, 6) is 1.81. The van der Waals surface area contributed by atoms with E-state index in [1.807, 2.05) is 25.1 Å². The van der Waals surface area contributed by atoms with Crippen molar-refractivity contribution in [1.82, 2.24) is 9.97 Å². The number of benzene rings is 1. The average Bonchev–Trinajstić information content (AvgIpc) is 3.14. The normalized spacial score (nSPS) is 18.4. The molecule has 1 aromatic heterocycles. The number of hydrogen-bond donors (Lipinski definition) is 1. The summed E-state index contributed by atoms with van der Waals surface area (Å²) >= 11 is 6.13. The SMILES string of the molecule is Cc1cc(NC2CCCC2)nc(N2CCN(c3cccc(Cl)c3)CC2)n1. The molecule has 1 aromatic carbocycles. The number of rotatable bonds is 4. The summed E-state index contributed by atoms with van der Waals surface area (Å²) in [4.78, 5) is 14.1. The average molecular weight is 372 g/mol. The fourth-order valence-electron chi connectivity index (χ4n) is 3.89. The molecule has 0 amide bonds. The number of hydrogen-bond acceptors (Lipinski definition) is 5. The van der Waals surface area contributed by atoms with Gasteiger partial charge in [-0.3, -0.25) is 0 Å². The molecular weight excluding hydrogens is 346 g/mol. The van der Waals surface area contributed by atoms with E-state index in [-0.39, 0.29) is 0 Å². The first-order valence-corrected chi connectivity index (χ1v) is 9.93. The summed E-state index contributed by atoms with van der Waals surface area (Å²) in [6.45, 7) is 5.77. The second kappa shape index (κ2) is 7.70. The standard InChI is InChI=1S/C20H26ClN5/c1-15-13-19(23-17-6-2-3-7-17)24-20(22-15)26-11-9-25(10-12-26)18-8-4-5-16(21)14-18/h4-5,8,13-14,17H,2-3,6-7,9-12H2,1H3,(H,22,23,24). The van der Waals surface area contributed by atoms with E-state index in [1.165, 1.54) is 31.4 Å². The van der Waals surface area contributed by atoms with Crippen molar-refractivity contribution in [2.45, 2.75) is 38.6 Å². The minimum atomic E-state index is 0.567. The van der Waals surface area contributed by atoms with Gasteiger partial charge in [0.05, 0.1) is 0 Å². The molecule has 2 aliphatic rings. The van der Waals surface area contributed by atoms with Crippen LogP contribution in [0.5, 0.6) is 0 Å². The molecular formula is C20H26ClN5. The van der Waals surface area contributed by atoms with Crippen molar-refractivity contribution in [3.8, 4) is 0 Å². The van der Waals surface area contributed by atoms with Crippen LogP contribution < -0.4 is 15.1 Å². The van der Waals surface area contributed by atoms with Gasteiger partial charge in [-0.1, -0.05) is 30.5 Å². The van der Waals surface area contributed by atoms with E-state index >= 15 is 0 Å². The van der Waals surface area contributed by atoms with Crippen molar-refractivity contribution < 1.29 is 0 Å². The van der Waals surface area contributed by atoms with Crippen LogP contribution in [0.15, 0.2) is 30.3 Å². The lowest BCUT2D eigenvalue weighted by atomic mass is 10.2. The molecule has 0 atom stereocenters. The second-order valence-corrected chi connectivity index (χ2v) is 7.71. The third-order valence-electron chi connectivity index (χ3n) is 5.29. The Labute approximate surface area is 160 Å². The van der Waals surface area contributed by atoms with Gasteiger partial charge in [0, 0.05) is 54.7 Å². The summed E-state index contributed by atoms with van der Waals surface area (Å²) in [5.41, 5.74) is 2.21. The third-order valence-corrected chi connectivity index (χ3v) is 5.52. The van der Waals surface area contributed by atoms with Crippen LogP contribution in [0.2, 0.25) is 5.02 Å². The van der Waals surface area contributed by atoms with E-state index in [2.05, 4.69) is 32.2 Å². The molecule has 1 aliphatic heterocycles. The molecule has 4 rings (SSSR count). The molecule has 2 aromatic rings. The fraction of sp³-hybridized carbons (Fsp3) is 0.500. The van der Waals surface area contributed by atoms with Crippen molar-refractivity contribution in [3.63, 3.8) is 0 Å². The van der Waals surface area contributed by atoms with E-state index in [0.29, 0.717) is 6.04 Å². The third kappa shape index (κ3) is 4.04. The van der Waals surface area contributed by atoms with Crippen molar-refractivity contribution in [2.75, 3.05) is 41.3 Å². The number of aromatic nitrogens is 2. The van der Waals surface area contributed by atoms with Gasteiger partial charge in [0.2, 0.25) is 5.95 Å². The molecule has 5 nitrogen and oxygen atoms in total. The highest BCUT2D eigenvalue weighted by atomic mass is 35.5. The lowest BCUT2D eigenvalue weighted by Crippen LogP contribution is -2.47. The molecule has 2 heterocycles. The van der Waals surface area contributed by atoms with Crippen LogP contribution in [-0.4, -0.2) is 42.2 Å². The summed E-state index contributed by atoms with van der Waals surface area (Å²) in [5, 5.41) is 4.39. The van der Waals surface area contributed by atoms with Crippen LogP contribution in [0.3, 0.4) is 0 Å². The molecule has 0 radical (unpaired) electrons. The maximum absolute atomic E-state index is 6.13. The molecule has 138 valence electrons. The Morgan fingerprint density at radius 3 is 2.46 bits per heavy atom. The van der Waals surface area contributed by atoms with Crippen LogP contribution in [0.4, 0.5) is 17.5 Å². The minimum absolute atomic E-state index is 0.567. The molecule has 0 unspecified atom stereocenters. The van der Waals surface area contributed by atoms with Crippen LogP contribution in [-0.2, 0) is 0 Å². The van der Waals surface area contributed by atoms with Crippen molar-refractivity contribution >= 4 is 29.1 Å². The first-order valence-electron chi connectivity index (χ1n) is 9.55. The highest BCUT2D eigenvalue weighted by Crippen LogP contribution is 2.24. The predicted octanol–water partition coefficient (Wildman–Crippen LogP) is 4.12. The Morgan fingerprint density at radius 2 is 1.73 bits per heavy atom. The van der Waals surface area contributed by atoms with Crippen LogP contribution in [0.25, 0.3) is 0 Å². The molecule has 1 N–H and O–H groups in total. The van der Waals surface area contributed by atoms with Gasteiger partial charge in [-0.15, -0.1) is 0 Å². The van der Waals surface area contributed by atoms with Crippen molar-refractivity contribution in [1.29, 1.82) is 0 Å². The molecule has 0 bridgehead atoms. The fourth-order valence-corrected chi connectivity index (χ4v) is 4.07. The Kier molecular flexibility index (Phi) is 5.16. The zero-order chi connectivity index (χ0) is 17.9.